The van der Waals surface area contributed by atoms with E-state index in [1.165, 1.54) is 16.7 Å². The summed E-state index contributed by atoms with van der Waals surface area (Å²) < 4.78 is 12.0. The fourth-order valence-electron chi connectivity index (χ4n) is 4.17. The summed E-state index contributed by atoms with van der Waals surface area (Å²) in [6.07, 6.45) is 0.394. The van der Waals surface area contributed by atoms with Crippen LogP contribution in [-0.2, 0) is 13.0 Å². The van der Waals surface area contributed by atoms with Crippen LogP contribution >= 0.6 is 12.4 Å². The molecule has 1 aliphatic heterocycles. The SMILES string of the molecule is CC(C)N(Cc1ccccc1)CC(O)COc1ccc2c(c1)OCC(c1ccccc1)C2.Cl. The summed E-state index contributed by atoms with van der Waals surface area (Å²) in [7, 11) is 0. The third-order valence-corrected chi connectivity index (χ3v) is 6.06. The Balaban J connectivity index is 0.00000306. The van der Waals surface area contributed by atoms with Crippen molar-refractivity contribution in [1.82, 2.24) is 4.90 Å². The highest BCUT2D eigenvalue weighted by atomic mass is 35.5. The van der Waals surface area contributed by atoms with Gasteiger partial charge in [-0.3, -0.25) is 4.90 Å². The number of rotatable bonds is 9. The lowest BCUT2D eigenvalue weighted by molar-refractivity contribution is 0.0542. The van der Waals surface area contributed by atoms with E-state index in [4.69, 9.17) is 9.47 Å². The van der Waals surface area contributed by atoms with Gasteiger partial charge in [0.15, 0.2) is 0 Å². The molecule has 5 heteroatoms. The lowest BCUT2D eigenvalue weighted by Gasteiger charge is -2.29. The molecular formula is C28H34ClNO3. The van der Waals surface area contributed by atoms with Gasteiger partial charge in [-0.15, -0.1) is 12.4 Å². The molecule has 1 aliphatic rings. The fourth-order valence-corrected chi connectivity index (χ4v) is 4.17. The minimum Gasteiger partial charge on any atom is -0.493 e. The predicted molar refractivity (Wildman–Crippen MR) is 136 cm³/mol. The second-order valence-electron chi connectivity index (χ2n) is 8.87. The topological polar surface area (TPSA) is 41.9 Å². The normalized spacial score (nSPS) is 16.0. The minimum atomic E-state index is -0.569. The molecule has 3 aromatic rings. The molecule has 0 aliphatic carbocycles. The quantitative estimate of drug-likeness (QED) is 0.452. The summed E-state index contributed by atoms with van der Waals surface area (Å²) >= 11 is 0. The van der Waals surface area contributed by atoms with Crippen LogP contribution in [0.1, 0.15) is 36.5 Å². The van der Waals surface area contributed by atoms with Crippen molar-refractivity contribution in [2.75, 3.05) is 19.8 Å². The average Bonchev–Trinajstić information content (AvgIpc) is 2.83. The van der Waals surface area contributed by atoms with E-state index < -0.39 is 6.10 Å². The summed E-state index contributed by atoms with van der Waals surface area (Å²) in [5.74, 6) is 2.00. The van der Waals surface area contributed by atoms with Gasteiger partial charge in [-0.05, 0) is 43.0 Å². The van der Waals surface area contributed by atoms with Gasteiger partial charge in [0.1, 0.15) is 24.2 Å². The molecule has 0 aromatic heterocycles. The van der Waals surface area contributed by atoms with E-state index >= 15 is 0 Å². The number of nitrogens with zero attached hydrogens (tertiary/aromatic N) is 1. The minimum absolute atomic E-state index is 0. The van der Waals surface area contributed by atoms with E-state index in [2.05, 4.69) is 61.2 Å². The van der Waals surface area contributed by atoms with E-state index in [0.29, 0.717) is 25.1 Å². The number of benzene rings is 3. The van der Waals surface area contributed by atoms with Gasteiger partial charge in [0.25, 0.3) is 0 Å². The Bertz CT molecular complexity index is 981. The first-order chi connectivity index (χ1) is 15.6. The van der Waals surface area contributed by atoms with Gasteiger partial charge in [0, 0.05) is 31.1 Å². The largest absolute Gasteiger partial charge is 0.493 e. The van der Waals surface area contributed by atoms with E-state index in [9.17, 15) is 5.11 Å². The number of ether oxygens (including phenoxy) is 2. The Kier molecular flexibility index (Phi) is 9.19. The second kappa shape index (κ2) is 12.1. The average molecular weight is 468 g/mol. The van der Waals surface area contributed by atoms with Crippen LogP contribution in [0.25, 0.3) is 0 Å². The molecule has 33 heavy (non-hydrogen) atoms. The predicted octanol–water partition coefficient (Wildman–Crippen LogP) is 5.48. The molecule has 4 nitrogen and oxygen atoms in total. The number of aliphatic hydroxyl groups excluding tert-OH is 1. The molecule has 0 saturated heterocycles. The van der Waals surface area contributed by atoms with Gasteiger partial charge in [-0.25, -0.2) is 0 Å². The molecule has 1 heterocycles. The maximum absolute atomic E-state index is 10.6. The third kappa shape index (κ3) is 6.97. The Morgan fingerprint density at radius 3 is 2.39 bits per heavy atom. The highest BCUT2D eigenvalue weighted by Crippen LogP contribution is 2.34. The highest BCUT2D eigenvalue weighted by Gasteiger charge is 2.22. The Hall–Kier alpha value is -2.53. The first-order valence-corrected chi connectivity index (χ1v) is 11.5. The lowest BCUT2D eigenvalue weighted by Crippen LogP contribution is -2.39. The molecular weight excluding hydrogens is 434 g/mol. The van der Waals surface area contributed by atoms with Crippen molar-refractivity contribution in [3.05, 3.63) is 95.6 Å². The van der Waals surface area contributed by atoms with Crippen molar-refractivity contribution in [2.45, 2.75) is 44.9 Å². The zero-order chi connectivity index (χ0) is 22.3. The summed E-state index contributed by atoms with van der Waals surface area (Å²) in [6, 6.07) is 27.2. The van der Waals surface area contributed by atoms with Gasteiger partial charge in [0.2, 0.25) is 0 Å². The number of halogens is 1. The lowest BCUT2D eigenvalue weighted by atomic mass is 9.90. The van der Waals surface area contributed by atoms with Crippen molar-refractivity contribution in [1.29, 1.82) is 0 Å². The summed E-state index contributed by atoms with van der Waals surface area (Å²) in [4.78, 5) is 2.27. The van der Waals surface area contributed by atoms with Crippen LogP contribution in [0.4, 0.5) is 0 Å². The number of hydrogen-bond acceptors (Lipinski definition) is 4. The summed E-state index contributed by atoms with van der Waals surface area (Å²) in [5, 5.41) is 10.6. The van der Waals surface area contributed by atoms with Crippen LogP contribution in [0.2, 0.25) is 0 Å². The number of fused-ring (bicyclic) bond motifs is 1. The molecule has 0 amide bonds. The first kappa shape index (κ1) is 25.1. The molecule has 0 spiro atoms. The van der Waals surface area contributed by atoms with E-state index in [1.807, 2.05) is 36.4 Å². The van der Waals surface area contributed by atoms with E-state index in [0.717, 1.165) is 24.5 Å². The zero-order valence-electron chi connectivity index (χ0n) is 19.4. The number of aliphatic hydroxyl groups is 1. The molecule has 0 radical (unpaired) electrons. The molecule has 0 fully saturated rings. The maximum atomic E-state index is 10.6. The molecule has 2 atom stereocenters. The Morgan fingerprint density at radius 2 is 1.70 bits per heavy atom. The molecule has 4 rings (SSSR count). The fraction of sp³-hybridized carbons (Fsp3) is 0.357. The molecule has 176 valence electrons. The Labute approximate surface area is 203 Å². The van der Waals surface area contributed by atoms with Crippen molar-refractivity contribution in [2.24, 2.45) is 0 Å². The Morgan fingerprint density at radius 1 is 1.00 bits per heavy atom. The van der Waals surface area contributed by atoms with Crippen LogP contribution in [0.3, 0.4) is 0 Å². The van der Waals surface area contributed by atoms with Gasteiger partial charge in [0.05, 0.1) is 6.61 Å². The standard InChI is InChI=1S/C28H33NO3.ClH/c1-21(2)29(17-22-9-5-3-6-10-22)18-26(30)20-31-27-14-13-24-15-25(19-32-28(24)16-27)23-11-7-4-8-12-23;/h3-14,16,21,25-26,30H,15,17-20H2,1-2H3;1H. The van der Waals surface area contributed by atoms with Gasteiger partial charge < -0.3 is 14.6 Å². The highest BCUT2D eigenvalue weighted by molar-refractivity contribution is 5.85. The van der Waals surface area contributed by atoms with Gasteiger partial charge >= 0.3 is 0 Å². The monoisotopic (exact) mass is 467 g/mol. The summed E-state index contributed by atoms with van der Waals surface area (Å²) in [5.41, 5.74) is 3.76. The van der Waals surface area contributed by atoms with Crippen molar-refractivity contribution in [3.63, 3.8) is 0 Å². The smallest absolute Gasteiger partial charge is 0.126 e. The van der Waals surface area contributed by atoms with Gasteiger partial charge in [-0.1, -0.05) is 66.7 Å². The van der Waals surface area contributed by atoms with Crippen LogP contribution in [0, 0.1) is 0 Å². The van der Waals surface area contributed by atoms with E-state index in [1.54, 1.807) is 0 Å². The molecule has 0 bridgehead atoms. The van der Waals surface area contributed by atoms with Crippen LogP contribution in [0.15, 0.2) is 78.9 Å². The molecule has 1 N–H and O–H groups in total. The maximum Gasteiger partial charge on any atom is 0.126 e. The van der Waals surface area contributed by atoms with Crippen molar-refractivity contribution in [3.8, 4) is 11.5 Å². The van der Waals surface area contributed by atoms with Crippen molar-refractivity contribution < 1.29 is 14.6 Å². The molecule has 0 saturated carbocycles. The number of hydrogen-bond donors (Lipinski definition) is 1. The summed E-state index contributed by atoms with van der Waals surface area (Å²) in [6.45, 7) is 6.60. The van der Waals surface area contributed by atoms with Crippen molar-refractivity contribution >= 4 is 12.4 Å². The zero-order valence-corrected chi connectivity index (χ0v) is 20.2. The third-order valence-electron chi connectivity index (χ3n) is 6.06. The second-order valence-corrected chi connectivity index (χ2v) is 8.87. The van der Waals surface area contributed by atoms with Gasteiger partial charge in [-0.2, -0.15) is 0 Å². The van der Waals surface area contributed by atoms with Crippen LogP contribution in [-0.4, -0.2) is 41.9 Å². The molecule has 3 aromatic carbocycles. The van der Waals surface area contributed by atoms with E-state index in [-0.39, 0.29) is 19.0 Å². The first-order valence-electron chi connectivity index (χ1n) is 11.5. The molecule has 2 unspecified atom stereocenters. The van der Waals surface area contributed by atoms with Crippen LogP contribution in [0.5, 0.6) is 11.5 Å². The van der Waals surface area contributed by atoms with Crippen LogP contribution < -0.4 is 9.47 Å².